The molecule has 0 radical (unpaired) electrons. The molecule has 3 rings (SSSR count). The highest BCUT2D eigenvalue weighted by atomic mass is 35.5. The van der Waals surface area contributed by atoms with Gasteiger partial charge in [0.15, 0.2) is 6.61 Å². The third-order valence-electron chi connectivity index (χ3n) is 4.13. The Kier molecular flexibility index (Phi) is 6.41. The molecule has 29 heavy (non-hydrogen) atoms. The Bertz CT molecular complexity index is 1010. The van der Waals surface area contributed by atoms with Crippen LogP contribution in [0.5, 0.6) is 5.75 Å². The number of halogens is 1. The van der Waals surface area contributed by atoms with Crippen LogP contribution in [0.4, 0.5) is 0 Å². The van der Waals surface area contributed by atoms with Gasteiger partial charge in [0.25, 0.3) is 11.8 Å². The van der Waals surface area contributed by atoms with Crippen LogP contribution in [0.2, 0.25) is 5.02 Å². The lowest BCUT2D eigenvalue weighted by molar-refractivity contribution is -0.123. The predicted octanol–water partition coefficient (Wildman–Crippen LogP) is 3.15. The number of hydrogen-bond donors (Lipinski definition) is 2. The summed E-state index contributed by atoms with van der Waals surface area (Å²) < 4.78 is 5.47. The molecule has 0 fully saturated rings. The van der Waals surface area contributed by atoms with Crippen LogP contribution >= 0.6 is 11.6 Å². The quantitative estimate of drug-likeness (QED) is 0.435. The van der Waals surface area contributed by atoms with Gasteiger partial charge in [-0.15, -0.1) is 0 Å². The molecule has 2 amide bonds. The van der Waals surface area contributed by atoms with Gasteiger partial charge >= 0.3 is 0 Å². The second kappa shape index (κ2) is 9.16. The standard InChI is InChI=1S/C21H19ClN4O3/c1-13(16-5-7-17(22)8-6-16)23-25-20(27)12-29-18-9-3-15(4-10-18)11-19-14(2)24-26-21(19)28/h3-11H,12H2,1-2H3,(H,25,27)(H,26,28)/b19-11+,23-13+. The van der Waals surface area contributed by atoms with Crippen molar-refractivity contribution in [2.24, 2.45) is 10.2 Å². The molecule has 2 aromatic rings. The van der Waals surface area contributed by atoms with E-state index >= 15 is 0 Å². The van der Waals surface area contributed by atoms with Crippen molar-refractivity contribution in [1.82, 2.24) is 10.9 Å². The van der Waals surface area contributed by atoms with Crippen molar-refractivity contribution in [3.63, 3.8) is 0 Å². The van der Waals surface area contributed by atoms with Gasteiger partial charge in [-0.25, -0.2) is 10.9 Å². The molecule has 1 aliphatic heterocycles. The van der Waals surface area contributed by atoms with Crippen LogP contribution in [-0.4, -0.2) is 29.8 Å². The van der Waals surface area contributed by atoms with Gasteiger partial charge in [-0.05, 0) is 55.3 Å². The van der Waals surface area contributed by atoms with Crippen molar-refractivity contribution < 1.29 is 14.3 Å². The molecule has 2 N–H and O–H groups in total. The van der Waals surface area contributed by atoms with E-state index < -0.39 is 0 Å². The van der Waals surface area contributed by atoms with Crippen molar-refractivity contribution >= 4 is 40.9 Å². The highest BCUT2D eigenvalue weighted by Gasteiger charge is 2.18. The fraction of sp³-hybridized carbons (Fsp3) is 0.143. The second-order valence-corrected chi connectivity index (χ2v) is 6.73. The summed E-state index contributed by atoms with van der Waals surface area (Å²) in [6.45, 7) is 3.37. The predicted molar refractivity (Wildman–Crippen MR) is 113 cm³/mol. The van der Waals surface area contributed by atoms with Crippen molar-refractivity contribution in [2.45, 2.75) is 13.8 Å². The lowest BCUT2D eigenvalue weighted by Gasteiger charge is -2.06. The second-order valence-electron chi connectivity index (χ2n) is 6.29. The van der Waals surface area contributed by atoms with Gasteiger partial charge in [0.2, 0.25) is 0 Å². The monoisotopic (exact) mass is 410 g/mol. The van der Waals surface area contributed by atoms with E-state index in [2.05, 4.69) is 21.1 Å². The summed E-state index contributed by atoms with van der Waals surface area (Å²) in [6.07, 6.45) is 1.74. The molecule has 8 heteroatoms. The molecule has 1 aliphatic rings. The maximum Gasteiger partial charge on any atom is 0.277 e. The topological polar surface area (TPSA) is 92.1 Å². The Morgan fingerprint density at radius 1 is 1.21 bits per heavy atom. The summed E-state index contributed by atoms with van der Waals surface area (Å²) in [4.78, 5) is 23.6. The van der Waals surface area contributed by atoms with Crippen molar-refractivity contribution in [2.75, 3.05) is 6.61 Å². The number of ether oxygens (including phenoxy) is 1. The number of carbonyl (C=O) groups excluding carboxylic acids is 2. The summed E-state index contributed by atoms with van der Waals surface area (Å²) >= 11 is 5.86. The average molecular weight is 411 g/mol. The van der Waals surface area contributed by atoms with Gasteiger partial charge in [0, 0.05) is 5.02 Å². The molecule has 0 spiro atoms. The van der Waals surface area contributed by atoms with E-state index in [1.54, 1.807) is 56.3 Å². The highest BCUT2D eigenvalue weighted by molar-refractivity contribution is 6.30. The first kappa shape index (κ1) is 20.3. The molecule has 0 bridgehead atoms. The van der Waals surface area contributed by atoms with Gasteiger partial charge < -0.3 is 4.74 Å². The molecule has 1 heterocycles. The van der Waals surface area contributed by atoms with Crippen LogP contribution in [0.3, 0.4) is 0 Å². The molecular weight excluding hydrogens is 392 g/mol. The van der Waals surface area contributed by atoms with E-state index in [4.69, 9.17) is 16.3 Å². The van der Waals surface area contributed by atoms with Crippen molar-refractivity contribution in [3.05, 3.63) is 70.3 Å². The van der Waals surface area contributed by atoms with E-state index in [-0.39, 0.29) is 18.4 Å². The first-order valence-corrected chi connectivity index (χ1v) is 9.19. The minimum Gasteiger partial charge on any atom is -0.484 e. The molecule has 0 saturated carbocycles. The molecule has 0 aliphatic carbocycles. The van der Waals surface area contributed by atoms with Gasteiger partial charge in [-0.2, -0.15) is 10.2 Å². The number of carbonyl (C=O) groups is 2. The van der Waals surface area contributed by atoms with Gasteiger partial charge in [0.1, 0.15) is 5.75 Å². The van der Waals surface area contributed by atoms with E-state index in [9.17, 15) is 9.59 Å². The highest BCUT2D eigenvalue weighted by Crippen LogP contribution is 2.16. The molecule has 2 aromatic carbocycles. The maximum atomic E-state index is 11.9. The minimum absolute atomic E-state index is 0.175. The number of nitrogens with zero attached hydrogens (tertiary/aromatic N) is 2. The van der Waals surface area contributed by atoms with Gasteiger partial charge in [-0.1, -0.05) is 35.9 Å². The van der Waals surface area contributed by atoms with Crippen LogP contribution in [0.1, 0.15) is 25.0 Å². The number of rotatable bonds is 6. The third-order valence-corrected chi connectivity index (χ3v) is 4.38. The van der Waals surface area contributed by atoms with E-state index in [0.29, 0.717) is 27.8 Å². The summed E-state index contributed by atoms with van der Waals surface area (Å²) in [5.74, 6) is -0.0742. The Balaban J connectivity index is 1.52. The Morgan fingerprint density at radius 3 is 2.52 bits per heavy atom. The van der Waals surface area contributed by atoms with E-state index in [1.807, 2.05) is 12.1 Å². The molecule has 0 atom stereocenters. The zero-order valence-corrected chi connectivity index (χ0v) is 16.7. The molecule has 7 nitrogen and oxygen atoms in total. The largest absolute Gasteiger partial charge is 0.484 e. The SMILES string of the molecule is CC1=NNC(=O)/C1=C/c1ccc(OCC(=O)N/N=C(\C)c2ccc(Cl)cc2)cc1. The van der Waals surface area contributed by atoms with Crippen LogP contribution in [0.15, 0.2) is 64.3 Å². The third kappa shape index (κ3) is 5.52. The molecular formula is C21H19ClN4O3. The lowest BCUT2D eigenvalue weighted by atomic mass is 10.1. The summed E-state index contributed by atoms with van der Waals surface area (Å²) in [5.41, 5.74) is 8.37. The zero-order chi connectivity index (χ0) is 20.8. The smallest absolute Gasteiger partial charge is 0.277 e. The first-order chi connectivity index (χ1) is 13.9. The lowest BCUT2D eigenvalue weighted by Crippen LogP contribution is -2.25. The molecule has 0 aromatic heterocycles. The van der Waals surface area contributed by atoms with Crippen molar-refractivity contribution in [3.8, 4) is 5.75 Å². The Morgan fingerprint density at radius 2 is 1.90 bits per heavy atom. The summed E-state index contributed by atoms with van der Waals surface area (Å²) in [6, 6.07) is 14.2. The summed E-state index contributed by atoms with van der Waals surface area (Å²) in [7, 11) is 0. The van der Waals surface area contributed by atoms with Crippen molar-refractivity contribution in [1.29, 1.82) is 0 Å². The van der Waals surface area contributed by atoms with E-state index in [1.165, 1.54) is 0 Å². The van der Waals surface area contributed by atoms with E-state index in [0.717, 1.165) is 11.1 Å². The summed E-state index contributed by atoms with van der Waals surface area (Å²) in [5, 5.41) is 8.57. The number of hydrogen-bond acceptors (Lipinski definition) is 5. The first-order valence-electron chi connectivity index (χ1n) is 8.81. The van der Waals surface area contributed by atoms with Gasteiger partial charge in [-0.3, -0.25) is 9.59 Å². The number of nitrogens with one attached hydrogen (secondary N) is 2. The average Bonchev–Trinajstić information content (AvgIpc) is 3.04. The normalized spacial score (nSPS) is 15.1. The maximum absolute atomic E-state index is 11.9. The van der Waals surface area contributed by atoms with Crippen LogP contribution < -0.4 is 15.6 Å². The Labute approximate surface area is 173 Å². The Hall–Kier alpha value is -3.45. The van der Waals surface area contributed by atoms with Gasteiger partial charge in [0.05, 0.1) is 17.0 Å². The fourth-order valence-electron chi connectivity index (χ4n) is 2.50. The molecule has 0 unspecified atom stereocenters. The minimum atomic E-state index is -0.376. The number of benzene rings is 2. The molecule has 148 valence electrons. The fourth-order valence-corrected chi connectivity index (χ4v) is 2.63. The van der Waals surface area contributed by atoms with Crippen LogP contribution in [-0.2, 0) is 9.59 Å². The number of hydrazone groups is 2. The number of amides is 2. The van der Waals surface area contributed by atoms with Crippen LogP contribution in [0.25, 0.3) is 6.08 Å². The molecule has 0 saturated heterocycles. The van der Waals surface area contributed by atoms with Crippen LogP contribution in [0, 0.1) is 0 Å². The zero-order valence-electron chi connectivity index (χ0n) is 15.9.